The molecular formula is C22H21NO3S. The number of carbonyl (C=O) groups excluding carboxylic acids is 1. The van der Waals surface area contributed by atoms with Crippen LogP contribution in [0.4, 0.5) is 0 Å². The lowest BCUT2D eigenvalue weighted by atomic mass is 10.1. The Morgan fingerprint density at radius 3 is 2.48 bits per heavy atom. The molecule has 0 saturated heterocycles. The number of fused-ring (bicyclic) bond motifs is 1. The van der Waals surface area contributed by atoms with Gasteiger partial charge in [-0.05, 0) is 53.3 Å². The zero-order valence-electron chi connectivity index (χ0n) is 15.0. The van der Waals surface area contributed by atoms with Gasteiger partial charge < -0.3 is 14.4 Å². The highest BCUT2D eigenvalue weighted by Crippen LogP contribution is 2.24. The predicted octanol–water partition coefficient (Wildman–Crippen LogP) is 4.29. The van der Waals surface area contributed by atoms with Crippen LogP contribution in [-0.2, 0) is 24.4 Å². The maximum Gasteiger partial charge on any atom is 0.260 e. The molecule has 0 atom stereocenters. The smallest absolute Gasteiger partial charge is 0.260 e. The zero-order valence-corrected chi connectivity index (χ0v) is 15.8. The molecule has 0 radical (unpaired) electrons. The molecule has 1 aliphatic rings. The van der Waals surface area contributed by atoms with Crippen LogP contribution < -0.4 is 9.47 Å². The summed E-state index contributed by atoms with van der Waals surface area (Å²) in [7, 11) is 0. The number of carbonyl (C=O) groups is 1. The number of nitrogens with zero attached hydrogens (tertiary/aromatic N) is 1. The van der Waals surface area contributed by atoms with E-state index in [9.17, 15) is 4.79 Å². The average Bonchev–Trinajstić information content (AvgIpc) is 3.20. The van der Waals surface area contributed by atoms with Crippen molar-refractivity contribution in [2.45, 2.75) is 19.6 Å². The lowest BCUT2D eigenvalue weighted by Crippen LogP contribution is -2.38. The van der Waals surface area contributed by atoms with E-state index in [2.05, 4.69) is 11.4 Å². The highest BCUT2D eigenvalue weighted by atomic mass is 32.1. The third-order valence-corrected chi connectivity index (χ3v) is 5.62. The van der Waals surface area contributed by atoms with Crippen molar-refractivity contribution in [1.29, 1.82) is 0 Å². The fourth-order valence-electron chi connectivity index (χ4n) is 3.07. The number of hydrogen-bond acceptors (Lipinski definition) is 4. The van der Waals surface area contributed by atoms with E-state index in [0.717, 1.165) is 24.3 Å². The van der Waals surface area contributed by atoms with Crippen molar-refractivity contribution in [2.75, 3.05) is 13.2 Å². The first-order chi connectivity index (χ1) is 13.3. The van der Waals surface area contributed by atoms with Crippen LogP contribution in [0.2, 0.25) is 0 Å². The summed E-state index contributed by atoms with van der Waals surface area (Å²) >= 11 is 1.77. The molecule has 1 aromatic heterocycles. The van der Waals surface area contributed by atoms with Crippen LogP contribution in [0.15, 0.2) is 66.0 Å². The van der Waals surface area contributed by atoms with Gasteiger partial charge in [-0.15, -0.1) is 11.3 Å². The molecule has 0 unspecified atom stereocenters. The lowest BCUT2D eigenvalue weighted by molar-refractivity contribution is -0.134. The van der Waals surface area contributed by atoms with E-state index in [-0.39, 0.29) is 12.5 Å². The molecule has 4 nitrogen and oxygen atoms in total. The Morgan fingerprint density at radius 1 is 0.963 bits per heavy atom. The maximum absolute atomic E-state index is 12.4. The van der Waals surface area contributed by atoms with Gasteiger partial charge in [-0.3, -0.25) is 4.79 Å². The van der Waals surface area contributed by atoms with Crippen LogP contribution in [0, 0.1) is 0 Å². The number of benzene rings is 2. The highest BCUT2D eigenvalue weighted by Gasteiger charge is 2.21. The van der Waals surface area contributed by atoms with Crippen LogP contribution in [0.5, 0.6) is 11.5 Å². The zero-order chi connectivity index (χ0) is 18.5. The van der Waals surface area contributed by atoms with E-state index >= 15 is 0 Å². The van der Waals surface area contributed by atoms with E-state index in [4.69, 9.17) is 9.47 Å². The molecule has 0 bridgehead atoms. The van der Waals surface area contributed by atoms with Crippen LogP contribution in [0.1, 0.15) is 16.0 Å². The van der Waals surface area contributed by atoms with Gasteiger partial charge in [-0.1, -0.05) is 30.3 Å². The van der Waals surface area contributed by atoms with Crippen molar-refractivity contribution in [3.8, 4) is 11.5 Å². The topological polar surface area (TPSA) is 38.8 Å². The van der Waals surface area contributed by atoms with E-state index in [1.54, 1.807) is 11.3 Å². The normalized spacial score (nSPS) is 13.1. The minimum Gasteiger partial charge on any atom is -0.489 e. The van der Waals surface area contributed by atoms with Gasteiger partial charge in [0.15, 0.2) is 6.61 Å². The quantitative estimate of drug-likeness (QED) is 0.641. The molecule has 2 heterocycles. The Morgan fingerprint density at radius 2 is 1.70 bits per heavy atom. The summed E-state index contributed by atoms with van der Waals surface area (Å²) in [6.07, 6.45) is 0.937. The molecule has 2 aromatic carbocycles. The molecule has 0 fully saturated rings. The fourth-order valence-corrected chi connectivity index (χ4v) is 3.96. The fraction of sp³-hybridized carbons (Fsp3) is 0.227. The lowest BCUT2D eigenvalue weighted by Gasteiger charge is -2.27. The van der Waals surface area contributed by atoms with Crippen molar-refractivity contribution in [3.05, 3.63) is 82.0 Å². The Balaban J connectivity index is 1.26. The first-order valence-electron chi connectivity index (χ1n) is 9.00. The van der Waals surface area contributed by atoms with E-state index < -0.39 is 0 Å². The van der Waals surface area contributed by atoms with Crippen LogP contribution in [-0.4, -0.2) is 24.0 Å². The average molecular weight is 379 g/mol. The van der Waals surface area contributed by atoms with Crippen molar-refractivity contribution in [1.82, 2.24) is 4.90 Å². The summed E-state index contributed by atoms with van der Waals surface area (Å²) in [5.41, 5.74) is 2.39. The molecule has 5 heteroatoms. The molecule has 1 aliphatic heterocycles. The monoisotopic (exact) mass is 379 g/mol. The molecule has 1 amide bonds. The third kappa shape index (κ3) is 4.49. The van der Waals surface area contributed by atoms with Gasteiger partial charge in [0.05, 0.1) is 0 Å². The third-order valence-electron chi connectivity index (χ3n) is 4.59. The second-order valence-corrected chi connectivity index (χ2v) is 7.47. The molecule has 0 saturated carbocycles. The minimum absolute atomic E-state index is 0.0243. The van der Waals surface area contributed by atoms with Crippen molar-refractivity contribution in [2.24, 2.45) is 0 Å². The van der Waals surface area contributed by atoms with Gasteiger partial charge in [0.25, 0.3) is 5.91 Å². The van der Waals surface area contributed by atoms with Crippen LogP contribution >= 0.6 is 11.3 Å². The molecule has 0 N–H and O–H groups in total. The van der Waals surface area contributed by atoms with Gasteiger partial charge in [0.2, 0.25) is 0 Å². The molecule has 4 rings (SSSR count). The summed E-state index contributed by atoms with van der Waals surface area (Å²) in [5, 5.41) is 2.09. The first kappa shape index (κ1) is 17.6. The van der Waals surface area contributed by atoms with Gasteiger partial charge in [-0.25, -0.2) is 0 Å². The second-order valence-electron chi connectivity index (χ2n) is 6.47. The Labute approximate surface area is 163 Å². The molecular weight excluding hydrogens is 358 g/mol. The van der Waals surface area contributed by atoms with Gasteiger partial charge in [0, 0.05) is 18.0 Å². The van der Waals surface area contributed by atoms with Gasteiger partial charge in [-0.2, -0.15) is 0 Å². The van der Waals surface area contributed by atoms with Crippen molar-refractivity contribution < 1.29 is 14.3 Å². The van der Waals surface area contributed by atoms with E-state index in [1.807, 2.05) is 59.5 Å². The molecule has 3 aromatic rings. The summed E-state index contributed by atoms with van der Waals surface area (Å²) in [6, 6.07) is 19.5. The van der Waals surface area contributed by atoms with E-state index in [0.29, 0.717) is 18.9 Å². The standard InChI is InChI=1S/C22H21NO3S/c24-22(23-12-10-21-18(14-23)11-13-27-21)16-26-20-8-6-19(7-9-20)25-15-17-4-2-1-3-5-17/h1-9,11,13H,10,12,14-16H2. The van der Waals surface area contributed by atoms with Gasteiger partial charge in [0.1, 0.15) is 18.1 Å². The Bertz CT molecular complexity index is 889. The van der Waals surface area contributed by atoms with Gasteiger partial charge >= 0.3 is 0 Å². The number of ether oxygens (including phenoxy) is 2. The molecule has 138 valence electrons. The predicted molar refractivity (Wildman–Crippen MR) is 106 cm³/mol. The summed E-state index contributed by atoms with van der Waals surface area (Å²) in [4.78, 5) is 15.7. The Kier molecular flexibility index (Phi) is 5.39. The largest absolute Gasteiger partial charge is 0.489 e. The molecule has 27 heavy (non-hydrogen) atoms. The number of rotatable bonds is 6. The summed E-state index contributed by atoms with van der Waals surface area (Å²) < 4.78 is 11.4. The number of amides is 1. The van der Waals surface area contributed by atoms with Crippen molar-refractivity contribution in [3.63, 3.8) is 0 Å². The van der Waals surface area contributed by atoms with E-state index in [1.165, 1.54) is 10.4 Å². The summed E-state index contributed by atoms with van der Waals surface area (Å²) in [5.74, 6) is 1.47. The van der Waals surface area contributed by atoms with Crippen LogP contribution in [0.3, 0.4) is 0 Å². The first-order valence-corrected chi connectivity index (χ1v) is 9.88. The number of thiophene rings is 1. The molecule has 0 spiro atoms. The second kappa shape index (κ2) is 8.27. The molecule has 0 aliphatic carbocycles. The number of hydrogen-bond donors (Lipinski definition) is 0. The highest BCUT2D eigenvalue weighted by molar-refractivity contribution is 7.10. The Hall–Kier alpha value is -2.79. The summed E-state index contributed by atoms with van der Waals surface area (Å²) in [6.45, 7) is 2.04. The van der Waals surface area contributed by atoms with Crippen molar-refractivity contribution >= 4 is 17.2 Å². The van der Waals surface area contributed by atoms with Crippen LogP contribution in [0.25, 0.3) is 0 Å². The SMILES string of the molecule is O=C(COc1ccc(OCc2ccccc2)cc1)N1CCc2sccc2C1. The maximum atomic E-state index is 12.4. The minimum atomic E-state index is 0.0243.